The molecule has 0 atom stereocenters. The van der Waals surface area contributed by atoms with Crippen LogP contribution in [-0.2, 0) is 16.3 Å². The highest BCUT2D eigenvalue weighted by Gasteiger charge is 2.30. The van der Waals surface area contributed by atoms with Crippen molar-refractivity contribution in [3.63, 3.8) is 0 Å². The van der Waals surface area contributed by atoms with Crippen LogP contribution in [0.3, 0.4) is 0 Å². The maximum absolute atomic E-state index is 13.4. The second kappa shape index (κ2) is 7.69. The lowest BCUT2D eigenvalue weighted by Crippen LogP contribution is -2.17. The van der Waals surface area contributed by atoms with E-state index in [0.29, 0.717) is 10.7 Å². The van der Waals surface area contributed by atoms with Gasteiger partial charge < -0.3 is 10.2 Å². The van der Waals surface area contributed by atoms with E-state index in [1.165, 1.54) is 12.1 Å². The third-order valence-corrected chi connectivity index (χ3v) is 6.73. The number of rotatable bonds is 6. The van der Waals surface area contributed by atoms with Crippen LogP contribution in [0.5, 0.6) is 0 Å². The molecule has 0 aliphatic carbocycles. The normalized spacial score (nSPS) is 12.1. The summed E-state index contributed by atoms with van der Waals surface area (Å²) in [7, 11) is 1.81. The minimum absolute atomic E-state index is 0.0580. The second-order valence-corrected chi connectivity index (χ2v) is 9.26. The van der Waals surface area contributed by atoms with Crippen LogP contribution >= 0.6 is 11.6 Å². The third-order valence-electron chi connectivity index (χ3n) is 4.70. The van der Waals surface area contributed by atoms with Gasteiger partial charge in [-0.1, -0.05) is 17.7 Å². The smallest absolute Gasteiger partial charge is 0.214 e. The van der Waals surface area contributed by atoms with E-state index < -0.39 is 9.84 Å². The molecule has 0 saturated heterocycles. The van der Waals surface area contributed by atoms with Crippen LogP contribution in [0.2, 0.25) is 5.02 Å². The SMILES string of the molecule is CNc1nn2c(C)c(CCN(C)C)c(C)nc2c1S(=O)(=O)c1cccc(Cl)c1. The largest absolute Gasteiger partial charge is 0.370 e. The predicted molar refractivity (Wildman–Crippen MR) is 111 cm³/mol. The van der Waals surface area contributed by atoms with Crippen LogP contribution in [0.15, 0.2) is 34.1 Å². The average Bonchev–Trinajstić information content (AvgIpc) is 3.00. The summed E-state index contributed by atoms with van der Waals surface area (Å²) in [5, 5.41) is 7.75. The van der Waals surface area contributed by atoms with E-state index in [9.17, 15) is 8.42 Å². The van der Waals surface area contributed by atoms with Gasteiger partial charge in [0.15, 0.2) is 16.4 Å². The number of aromatic nitrogens is 3. The van der Waals surface area contributed by atoms with Gasteiger partial charge in [-0.15, -0.1) is 5.10 Å². The Morgan fingerprint density at radius 1 is 1.25 bits per heavy atom. The van der Waals surface area contributed by atoms with E-state index in [1.807, 2.05) is 27.9 Å². The topological polar surface area (TPSA) is 79.6 Å². The number of nitrogens with zero attached hydrogens (tertiary/aromatic N) is 4. The van der Waals surface area contributed by atoms with Crippen molar-refractivity contribution in [1.82, 2.24) is 19.5 Å². The molecule has 0 aliphatic rings. The standard InChI is InChI=1S/C19H24ClN5O2S/c1-12-16(9-10-24(4)5)13(2)25-19(22-12)17(18(21-3)23-25)28(26,27)15-8-6-7-14(20)11-15/h6-8,11H,9-10H2,1-5H3,(H,21,23). The first-order valence-corrected chi connectivity index (χ1v) is 10.7. The van der Waals surface area contributed by atoms with Crippen molar-refractivity contribution in [2.75, 3.05) is 33.0 Å². The molecule has 0 radical (unpaired) electrons. The van der Waals surface area contributed by atoms with Gasteiger partial charge in [0.1, 0.15) is 0 Å². The van der Waals surface area contributed by atoms with Crippen LogP contribution in [0, 0.1) is 13.8 Å². The Labute approximate surface area is 170 Å². The Morgan fingerprint density at radius 2 is 1.96 bits per heavy atom. The summed E-state index contributed by atoms with van der Waals surface area (Å²) >= 11 is 6.02. The molecule has 2 heterocycles. The molecule has 0 spiro atoms. The lowest BCUT2D eigenvalue weighted by atomic mass is 10.1. The predicted octanol–water partition coefficient (Wildman–Crippen LogP) is 2.98. The number of sulfone groups is 1. The molecule has 7 nitrogen and oxygen atoms in total. The fourth-order valence-corrected chi connectivity index (χ4v) is 5.00. The first-order valence-electron chi connectivity index (χ1n) is 8.88. The zero-order valence-corrected chi connectivity index (χ0v) is 18.2. The van der Waals surface area contributed by atoms with Crippen molar-refractivity contribution in [3.05, 3.63) is 46.2 Å². The fourth-order valence-electron chi connectivity index (χ4n) is 3.20. The van der Waals surface area contributed by atoms with Crippen molar-refractivity contribution in [2.45, 2.75) is 30.1 Å². The highest BCUT2D eigenvalue weighted by atomic mass is 35.5. The summed E-state index contributed by atoms with van der Waals surface area (Å²) in [6, 6.07) is 6.21. The highest BCUT2D eigenvalue weighted by molar-refractivity contribution is 7.91. The molecule has 2 aromatic heterocycles. The van der Waals surface area contributed by atoms with E-state index >= 15 is 0 Å². The Hall–Kier alpha value is -2.16. The van der Waals surface area contributed by atoms with E-state index in [2.05, 4.69) is 20.3 Å². The Morgan fingerprint density at radius 3 is 2.57 bits per heavy atom. The number of nitrogens with one attached hydrogen (secondary N) is 1. The van der Waals surface area contributed by atoms with Gasteiger partial charge in [-0.05, 0) is 58.1 Å². The summed E-state index contributed by atoms with van der Waals surface area (Å²) in [5.74, 6) is 0.264. The Kier molecular flexibility index (Phi) is 5.65. The Bertz CT molecular complexity index is 1140. The molecule has 0 unspecified atom stereocenters. The van der Waals surface area contributed by atoms with Gasteiger partial charge >= 0.3 is 0 Å². The van der Waals surface area contributed by atoms with Gasteiger partial charge in [-0.25, -0.2) is 17.9 Å². The molecule has 9 heteroatoms. The first kappa shape index (κ1) is 20.6. The monoisotopic (exact) mass is 421 g/mol. The minimum atomic E-state index is -3.86. The number of benzene rings is 1. The summed E-state index contributed by atoms with van der Waals surface area (Å²) in [5.41, 5.74) is 3.07. The highest BCUT2D eigenvalue weighted by Crippen LogP contribution is 2.32. The van der Waals surface area contributed by atoms with Crippen LogP contribution in [0.1, 0.15) is 17.0 Å². The van der Waals surface area contributed by atoms with Gasteiger partial charge in [0.25, 0.3) is 0 Å². The molecule has 0 bridgehead atoms. The number of halogens is 1. The van der Waals surface area contributed by atoms with Crippen molar-refractivity contribution < 1.29 is 8.42 Å². The van der Waals surface area contributed by atoms with E-state index in [4.69, 9.17) is 11.6 Å². The number of hydrogen-bond acceptors (Lipinski definition) is 6. The fraction of sp³-hybridized carbons (Fsp3) is 0.368. The summed E-state index contributed by atoms with van der Waals surface area (Å²) in [6.07, 6.45) is 0.804. The van der Waals surface area contributed by atoms with Crippen LogP contribution < -0.4 is 5.32 Å². The number of anilines is 1. The summed E-state index contributed by atoms with van der Waals surface area (Å²) in [6.45, 7) is 4.71. The molecule has 3 aromatic rings. The van der Waals surface area contributed by atoms with E-state index in [-0.39, 0.29) is 15.6 Å². The molecule has 0 amide bonds. The van der Waals surface area contributed by atoms with Crippen molar-refractivity contribution >= 4 is 32.9 Å². The van der Waals surface area contributed by atoms with Crippen LogP contribution in [-0.4, -0.2) is 55.6 Å². The number of hydrogen-bond donors (Lipinski definition) is 1. The number of likely N-dealkylation sites (N-methyl/N-ethyl adjacent to an activating group) is 1. The van der Waals surface area contributed by atoms with Crippen molar-refractivity contribution in [3.8, 4) is 0 Å². The van der Waals surface area contributed by atoms with Gasteiger partial charge in [0, 0.05) is 30.0 Å². The third kappa shape index (κ3) is 3.59. The second-order valence-electron chi connectivity index (χ2n) is 6.94. The maximum atomic E-state index is 13.4. The lowest BCUT2D eigenvalue weighted by Gasteiger charge is -2.14. The molecular weight excluding hydrogens is 398 g/mol. The molecule has 1 N–H and O–H groups in total. The molecule has 0 fully saturated rings. The molecule has 150 valence electrons. The Balaban J connectivity index is 2.26. The lowest BCUT2D eigenvalue weighted by molar-refractivity contribution is 0.412. The van der Waals surface area contributed by atoms with E-state index in [1.54, 1.807) is 23.7 Å². The van der Waals surface area contributed by atoms with Gasteiger partial charge in [-0.3, -0.25) is 0 Å². The van der Waals surface area contributed by atoms with Crippen LogP contribution in [0.4, 0.5) is 5.82 Å². The number of aryl methyl sites for hydroxylation is 2. The average molecular weight is 422 g/mol. The zero-order valence-electron chi connectivity index (χ0n) is 16.6. The molecule has 3 rings (SSSR count). The van der Waals surface area contributed by atoms with Gasteiger partial charge in [0.05, 0.1) is 4.90 Å². The maximum Gasteiger partial charge on any atom is 0.214 e. The minimum Gasteiger partial charge on any atom is -0.370 e. The molecule has 28 heavy (non-hydrogen) atoms. The first-order chi connectivity index (χ1) is 13.2. The van der Waals surface area contributed by atoms with Gasteiger partial charge in [-0.2, -0.15) is 0 Å². The van der Waals surface area contributed by atoms with Crippen LogP contribution in [0.25, 0.3) is 5.65 Å². The summed E-state index contributed by atoms with van der Waals surface area (Å²) in [4.78, 5) is 6.89. The van der Waals surface area contributed by atoms with Gasteiger partial charge in [0.2, 0.25) is 9.84 Å². The quantitative estimate of drug-likeness (QED) is 0.659. The molecule has 0 saturated carbocycles. The van der Waals surface area contributed by atoms with E-state index in [0.717, 1.165) is 29.9 Å². The number of fused-ring (bicyclic) bond motifs is 1. The molecule has 1 aromatic carbocycles. The summed E-state index contributed by atoms with van der Waals surface area (Å²) < 4.78 is 28.3. The zero-order chi connectivity index (χ0) is 20.6. The van der Waals surface area contributed by atoms with Crippen molar-refractivity contribution in [1.29, 1.82) is 0 Å². The molecule has 0 aliphatic heterocycles. The molecular formula is C19H24ClN5O2S. The van der Waals surface area contributed by atoms with Crippen molar-refractivity contribution in [2.24, 2.45) is 0 Å².